The number of pyridine rings is 1. The molecule has 8 nitrogen and oxygen atoms in total. The van der Waals surface area contributed by atoms with Crippen LogP contribution in [0.4, 0.5) is 5.69 Å². The molecule has 0 spiro atoms. The van der Waals surface area contributed by atoms with Crippen LogP contribution in [0.25, 0.3) is 22.4 Å². The number of anilines is 1. The Labute approximate surface area is 173 Å². The van der Waals surface area contributed by atoms with E-state index in [1.165, 1.54) is 6.92 Å². The maximum Gasteiger partial charge on any atom is 0.216 e. The number of hydrogen-bond acceptors (Lipinski definition) is 6. The van der Waals surface area contributed by atoms with Gasteiger partial charge in [-0.25, -0.2) is 15.0 Å². The Hall–Kier alpha value is -3.94. The molecule has 30 heavy (non-hydrogen) atoms. The van der Waals surface area contributed by atoms with Gasteiger partial charge in [0, 0.05) is 37.7 Å². The highest BCUT2D eigenvalue weighted by Gasteiger charge is 2.18. The van der Waals surface area contributed by atoms with Crippen molar-refractivity contribution in [2.75, 3.05) is 12.3 Å². The molecule has 3 heterocycles. The van der Waals surface area contributed by atoms with Gasteiger partial charge in [0.25, 0.3) is 0 Å². The molecular weight excluding hydrogens is 380 g/mol. The molecule has 152 valence electrons. The molecule has 0 bridgehead atoms. The summed E-state index contributed by atoms with van der Waals surface area (Å²) >= 11 is 0. The molecule has 0 unspecified atom stereocenters. The van der Waals surface area contributed by atoms with Gasteiger partial charge in [-0.1, -0.05) is 36.4 Å². The number of fused-ring (bicyclic) bond motifs is 1. The fourth-order valence-corrected chi connectivity index (χ4v) is 3.19. The highest BCUT2D eigenvalue weighted by Crippen LogP contribution is 2.29. The Morgan fingerprint density at radius 2 is 1.93 bits per heavy atom. The van der Waals surface area contributed by atoms with Crippen molar-refractivity contribution in [3.05, 3.63) is 66.1 Å². The van der Waals surface area contributed by atoms with E-state index in [9.17, 15) is 4.79 Å². The second-order valence-electron chi connectivity index (χ2n) is 6.79. The molecule has 0 aliphatic rings. The molecule has 1 aromatic carbocycles. The molecule has 0 fully saturated rings. The second kappa shape index (κ2) is 8.60. The number of H-pyrrole nitrogens is 1. The number of amides is 1. The van der Waals surface area contributed by atoms with Gasteiger partial charge in [-0.05, 0) is 6.07 Å². The van der Waals surface area contributed by atoms with Crippen LogP contribution in [0.5, 0.6) is 5.88 Å². The van der Waals surface area contributed by atoms with E-state index in [-0.39, 0.29) is 12.5 Å². The number of aromatic nitrogens is 4. The van der Waals surface area contributed by atoms with Crippen molar-refractivity contribution < 1.29 is 9.53 Å². The fourth-order valence-electron chi connectivity index (χ4n) is 3.19. The Kier molecular flexibility index (Phi) is 5.56. The molecule has 8 heteroatoms. The van der Waals surface area contributed by atoms with Crippen molar-refractivity contribution in [1.82, 2.24) is 25.3 Å². The van der Waals surface area contributed by atoms with Gasteiger partial charge < -0.3 is 20.8 Å². The number of nitrogen functional groups attached to an aromatic ring is 1. The lowest BCUT2D eigenvalue weighted by Crippen LogP contribution is -2.22. The number of hydrogen-bond donors (Lipinski definition) is 3. The van der Waals surface area contributed by atoms with Crippen molar-refractivity contribution in [2.24, 2.45) is 0 Å². The van der Waals surface area contributed by atoms with Gasteiger partial charge in [-0.3, -0.25) is 4.79 Å². The fraction of sp³-hybridized carbons (Fsp3) is 0.182. The lowest BCUT2D eigenvalue weighted by atomic mass is 10.1. The number of benzene rings is 1. The number of aromatic amines is 1. The van der Waals surface area contributed by atoms with Crippen LogP contribution in [0.3, 0.4) is 0 Å². The predicted octanol–water partition coefficient (Wildman–Crippen LogP) is 2.86. The van der Waals surface area contributed by atoms with E-state index in [4.69, 9.17) is 15.5 Å². The number of rotatable bonds is 7. The van der Waals surface area contributed by atoms with Crippen LogP contribution in [0.2, 0.25) is 0 Å². The molecule has 1 amide bonds. The summed E-state index contributed by atoms with van der Waals surface area (Å²) in [4.78, 5) is 28.1. The van der Waals surface area contributed by atoms with Crippen LogP contribution in [0, 0.1) is 0 Å². The average molecular weight is 402 g/mol. The Morgan fingerprint density at radius 3 is 2.67 bits per heavy atom. The molecule has 0 saturated carbocycles. The van der Waals surface area contributed by atoms with E-state index >= 15 is 0 Å². The topological polar surface area (TPSA) is 119 Å². The summed E-state index contributed by atoms with van der Waals surface area (Å²) in [6, 6.07) is 15.2. The summed E-state index contributed by atoms with van der Waals surface area (Å²) in [6.45, 7) is 2.17. The molecule has 3 aromatic heterocycles. The number of carbonyl (C=O) groups is 1. The highest BCUT2D eigenvalue weighted by atomic mass is 16.5. The molecule has 4 rings (SSSR count). The van der Waals surface area contributed by atoms with E-state index in [0.29, 0.717) is 41.7 Å². The first kappa shape index (κ1) is 19.4. The first-order valence-corrected chi connectivity index (χ1v) is 9.62. The van der Waals surface area contributed by atoms with Gasteiger partial charge >= 0.3 is 0 Å². The third kappa shape index (κ3) is 4.22. The van der Waals surface area contributed by atoms with E-state index < -0.39 is 0 Å². The monoisotopic (exact) mass is 402 g/mol. The van der Waals surface area contributed by atoms with Crippen LogP contribution in [-0.4, -0.2) is 32.4 Å². The van der Waals surface area contributed by atoms with E-state index in [1.54, 1.807) is 12.3 Å². The van der Waals surface area contributed by atoms with Crippen molar-refractivity contribution in [3.8, 4) is 17.3 Å². The normalized spacial score (nSPS) is 10.8. The summed E-state index contributed by atoms with van der Waals surface area (Å²) in [6.07, 6.45) is 2.20. The Bertz CT molecular complexity index is 1160. The van der Waals surface area contributed by atoms with Gasteiger partial charge in [0.1, 0.15) is 12.3 Å². The highest BCUT2D eigenvalue weighted by molar-refractivity contribution is 5.93. The number of nitrogens with zero attached hydrogens (tertiary/aromatic N) is 3. The summed E-state index contributed by atoms with van der Waals surface area (Å²) in [5, 5.41) is 3.56. The van der Waals surface area contributed by atoms with Crippen molar-refractivity contribution in [2.45, 2.75) is 20.0 Å². The van der Waals surface area contributed by atoms with Crippen LogP contribution in [-0.2, 0) is 17.8 Å². The van der Waals surface area contributed by atoms with Crippen LogP contribution >= 0.6 is 0 Å². The largest absolute Gasteiger partial charge is 0.471 e. The van der Waals surface area contributed by atoms with Crippen LogP contribution in [0.1, 0.15) is 18.3 Å². The standard InChI is InChI=1S/C22H22N6O2/c1-14(29)24-12-10-16-19-20(23)17(13-30-18-9-5-6-11-25-18)27-22(19)28-21(26-16)15-7-3-2-4-8-15/h2-9,11H,10,12-13,23H2,1H3,(H,24,29)(H,26,27,28). The summed E-state index contributed by atoms with van der Waals surface area (Å²) < 4.78 is 5.74. The number of ether oxygens (including phenoxy) is 1. The van der Waals surface area contributed by atoms with E-state index in [2.05, 4.69) is 20.3 Å². The molecule has 4 aromatic rings. The van der Waals surface area contributed by atoms with Crippen molar-refractivity contribution in [3.63, 3.8) is 0 Å². The lowest BCUT2D eigenvalue weighted by molar-refractivity contribution is -0.118. The number of nitrogens with one attached hydrogen (secondary N) is 2. The third-order valence-corrected chi connectivity index (χ3v) is 4.62. The zero-order valence-electron chi connectivity index (χ0n) is 16.6. The first-order chi connectivity index (χ1) is 14.6. The zero-order chi connectivity index (χ0) is 20.9. The van der Waals surface area contributed by atoms with Gasteiger partial charge in [-0.15, -0.1) is 0 Å². The second-order valence-corrected chi connectivity index (χ2v) is 6.79. The van der Waals surface area contributed by atoms with Crippen LogP contribution in [0.15, 0.2) is 54.7 Å². The third-order valence-electron chi connectivity index (χ3n) is 4.62. The molecule has 4 N–H and O–H groups in total. The molecule has 0 atom stereocenters. The molecular formula is C22H22N6O2. The molecule has 0 saturated heterocycles. The van der Waals surface area contributed by atoms with Gasteiger partial charge in [0.15, 0.2) is 5.82 Å². The minimum absolute atomic E-state index is 0.0879. The van der Waals surface area contributed by atoms with Crippen molar-refractivity contribution in [1.29, 1.82) is 0 Å². The molecule has 0 aliphatic carbocycles. The van der Waals surface area contributed by atoms with Gasteiger partial charge in [0.05, 0.1) is 22.5 Å². The predicted molar refractivity (Wildman–Crippen MR) is 115 cm³/mol. The Balaban J connectivity index is 1.71. The minimum Gasteiger partial charge on any atom is -0.471 e. The smallest absolute Gasteiger partial charge is 0.216 e. The lowest BCUT2D eigenvalue weighted by Gasteiger charge is -2.08. The van der Waals surface area contributed by atoms with Gasteiger partial charge in [0.2, 0.25) is 11.8 Å². The zero-order valence-corrected chi connectivity index (χ0v) is 16.6. The first-order valence-electron chi connectivity index (χ1n) is 9.62. The summed E-state index contributed by atoms with van der Waals surface area (Å²) in [5.74, 6) is 1.02. The quantitative estimate of drug-likeness (QED) is 0.437. The SMILES string of the molecule is CC(=O)NCCc1nc(-c2ccccc2)nc2[nH]c(COc3ccccn3)c(N)c12. The van der Waals surface area contributed by atoms with Crippen molar-refractivity contribution >= 4 is 22.6 Å². The minimum atomic E-state index is -0.0879. The average Bonchev–Trinajstić information content (AvgIpc) is 3.09. The van der Waals surface area contributed by atoms with Crippen LogP contribution < -0.4 is 15.8 Å². The number of carbonyl (C=O) groups excluding carboxylic acids is 1. The summed E-state index contributed by atoms with van der Waals surface area (Å²) in [7, 11) is 0. The molecule has 0 aliphatic heterocycles. The number of nitrogens with two attached hydrogens (primary N) is 1. The van der Waals surface area contributed by atoms with E-state index in [0.717, 1.165) is 16.6 Å². The van der Waals surface area contributed by atoms with Gasteiger partial charge in [-0.2, -0.15) is 0 Å². The van der Waals surface area contributed by atoms with E-state index in [1.807, 2.05) is 42.5 Å². The maximum atomic E-state index is 11.3. The Morgan fingerprint density at radius 1 is 1.13 bits per heavy atom. The maximum absolute atomic E-state index is 11.3. The molecule has 0 radical (unpaired) electrons. The summed E-state index contributed by atoms with van der Waals surface area (Å²) in [5.41, 5.74) is 9.98.